The molecule has 0 radical (unpaired) electrons. The lowest BCUT2D eigenvalue weighted by Gasteiger charge is -2.04. The molecule has 24 heavy (non-hydrogen) atoms. The van der Waals surface area contributed by atoms with Crippen LogP contribution in [0.3, 0.4) is 0 Å². The Morgan fingerprint density at radius 1 is 1.21 bits per heavy atom. The number of carbonyl (C=O) groups is 1. The first-order chi connectivity index (χ1) is 11.7. The Hall–Kier alpha value is -2.85. The largest absolute Gasteiger partial charge is 0.463 e. The number of nitrogens with one attached hydrogen (secondary N) is 1. The van der Waals surface area contributed by atoms with E-state index < -0.39 is 0 Å². The average molecular weight is 339 g/mol. The molecule has 0 aliphatic heterocycles. The maximum Gasteiger partial charge on any atom is 0.244 e. The predicted molar refractivity (Wildman–Crippen MR) is 94.3 cm³/mol. The van der Waals surface area contributed by atoms with E-state index in [-0.39, 0.29) is 5.91 Å². The van der Waals surface area contributed by atoms with E-state index in [0.717, 1.165) is 16.8 Å². The molecule has 0 saturated carbocycles. The molecule has 0 spiro atoms. The van der Waals surface area contributed by atoms with Crippen molar-refractivity contribution in [3.8, 4) is 11.5 Å². The van der Waals surface area contributed by atoms with Crippen LogP contribution in [-0.4, -0.2) is 10.9 Å². The van der Waals surface area contributed by atoms with Crippen LogP contribution in [0, 0.1) is 0 Å². The molecule has 2 aromatic heterocycles. The molecule has 0 saturated heterocycles. The van der Waals surface area contributed by atoms with E-state index in [2.05, 4.69) is 10.3 Å². The van der Waals surface area contributed by atoms with Gasteiger partial charge in [0.05, 0.1) is 6.26 Å². The van der Waals surface area contributed by atoms with Crippen molar-refractivity contribution in [3.63, 3.8) is 0 Å². The summed E-state index contributed by atoms with van der Waals surface area (Å²) in [7, 11) is 0. The predicted octanol–water partition coefficient (Wildman–Crippen LogP) is 4.32. The summed E-state index contributed by atoms with van der Waals surface area (Å²) in [6.07, 6.45) is 6.46. The Labute approximate surface area is 144 Å². The van der Waals surface area contributed by atoms with Crippen LogP contribution in [0.4, 0.5) is 0 Å². The molecule has 0 unspecified atom stereocenters. The van der Waals surface area contributed by atoms with Crippen LogP contribution in [-0.2, 0) is 11.3 Å². The molecule has 0 fully saturated rings. The lowest BCUT2D eigenvalue weighted by molar-refractivity contribution is -0.116. The van der Waals surface area contributed by atoms with Crippen molar-refractivity contribution >= 4 is 23.6 Å². The number of amides is 1. The summed E-state index contributed by atoms with van der Waals surface area (Å²) in [4.78, 5) is 16.2. The molecule has 0 aliphatic rings. The third-order valence-corrected chi connectivity index (χ3v) is 3.73. The maximum absolute atomic E-state index is 11.9. The average Bonchev–Trinajstić information content (AvgIpc) is 3.14. The topological polar surface area (TPSA) is 55.1 Å². The molecule has 0 bridgehead atoms. The minimum Gasteiger partial charge on any atom is -0.463 e. The zero-order valence-corrected chi connectivity index (χ0v) is 13.5. The monoisotopic (exact) mass is 338 g/mol. The number of pyridine rings is 1. The zero-order valence-electron chi connectivity index (χ0n) is 12.8. The van der Waals surface area contributed by atoms with Crippen molar-refractivity contribution in [3.05, 3.63) is 83.2 Å². The summed E-state index contributed by atoms with van der Waals surface area (Å²) in [6.45, 7) is 0.405. The lowest BCUT2D eigenvalue weighted by Crippen LogP contribution is -2.20. The molecule has 1 aromatic carbocycles. The number of benzene rings is 1. The summed E-state index contributed by atoms with van der Waals surface area (Å²) in [6, 6.07) is 14.7. The minimum atomic E-state index is -0.189. The van der Waals surface area contributed by atoms with E-state index in [1.165, 1.54) is 6.08 Å². The van der Waals surface area contributed by atoms with Crippen LogP contribution < -0.4 is 5.32 Å². The molecular weight excluding hydrogens is 324 g/mol. The molecule has 0 atom stereocenters. The van der Waals surface area contributed by atoms with Crippen molar-refractivity contribution in [2.24, 2.45) is 0 Å². The first kappa shape index (κ1) is 16.0. The fraction of sp³-hybridized carbons (Fsp3) is 0.0526. The third-order valence-electron chi connectivity index (χ3n) is 3.38. The smallest absolute Gasteiger partial charge is 0.244 e. The highest BCUT2D eigenvalue weighted by Gasteiger charge is 2.04. The van der Waals surface area contributed by atoms with Crippen LogP contribution in [0.2, 0.25) is 5.02 Å². The first-order valence-corrected chi connectivity index (χ1v) is 7.79. The summed E-state index contributed by atoms with van der Waals surface area (Å²) >= 11 is 6.05. The Balaban J connectivity index is 1.61. The van der Waals surface area contributed by atoms with Gasteiger partial charge in [0, 0.05) is 23.8 Å². The number of aromatic nitrogens is 1. The number of furan rings is 1. The van der Waals surface area contributed by atoms with Gasteiger partial charge in [0.2, 0.25) is 5.91 Å². The Kier molecular flexibility index (Phi) is 5.08. The molecule has 5 heteroatoms. The zero-order chi connectivity index (χ0) is 16.8. The number of carbonyl (C=O) groups excluding carboxylic acids is 1. The van der Waals surface area contributed by atoms with Crippen LogP contribution in [0.5, 0.6) is 0 Å². The fourth-order valence-corrected chi connectivity index (χ4v) is 2.37. The highest BCUT2D eigenvalue weighted by atomic mass is 35.5. The van der Waals surface area contributed by atoms with Crippen LogP contribution >= 0.6 is 11.6 Å². The first-order valence-electron chi connectivity index (χ1n) is 7.41. The van der Waals surface area contributed by atoms with Gasteiger partial charge in [-0.2, -0.15) is 0 Å². The molecule has 3 rings (SSSR count). The van der Waals surface area contributed by atoms with Gasteiger partial charge in [0.1, 0.15) is 5.69 Å². The molecule has 0 aliphatic carbocycles. The van der Waals surface area contributed by atoms with E-state index in [9.17, 15) is 4.79 Å². The highest BCUT2D eigenvalue weighted by Crippen LogP contribution is 2.18. The second-order valence-electron chi connectivity index (χ2n) is 5.10. The van der Waals surface area contributed by atoms with Crippen molar-refractivity contribution in [1.29, 1.82) is 0 Å². The van der Waals surface area contributed by atoms with Crippen molar-refractivity contribution < 1.29 is 9.21 Å². The second-order valence-corrected chi connectivity index (χ2v) is 5.51. The molecule has 2 heterocycles. The fourth-order valence-electron chi connectivity index (χ4n) is 2.17. The number of halogens is 1. The van der Waals surface area contributed by atoms with Crippen LogP contribution in [0.15, 0.2) is 71.5 Å². The number of hydrogen-bond acceptors (Lipinski definition) is 3. The number of hydrogen-bond donors (Lipinski definition) is 1. The Morgan fingerprint density at radius 3 is 2.88 bits per heavy atom. The van der Waals surface area contributed by atoms with Crippen LogP contribution in [0.1, 0.15) is 11.1 Å². The molecule has 3 aromatic rings. The van der Waals surface area contributed by atoms with Gasteiger partial charge in [-0.05, 0) is 47.5 Å². The SMILES string of the molecule is O=C(/C=C/c1ccccc1Cl)NCc1ccnc(-c2ccco2)c1. The Morgan fingerprint density at radius 2 is 2.08 bits per heavy atom. The van der Waals surface area contributed by atoms with Crippen molar-refractivity contribution in [2.45, 2.75) is 6.54 Å². The number of nitrogens with zero attached hydrogens (tertiary/aromatic N) is 1. The molecule has 4 nitrogen and oxygen atoms in total. The Bertz CT molecular complexity index is 857. The van der Waals surface area contributed by atoms with Gasteiger partial charge < -0.3 is 9.73 Å². The quantitative estimate of drug-likeness (QED) is 0.705. The van der Waals surface area contributed by atoms with Crippen molar-refractivity contribution in [2.75, 3.05) is 0 Å². The van der Waals surface area contributed by atoms with Crippen LogP contribution in [0.25, 0.3) is 17.5 Å². The van der Waals surface area contributed by atoms with E-state index >= 15 is 0 Å². The molecule has 1 amide bonds. The summed E-state index contributed by atoms with van der Waals surface area (Å²) < 4.78 is 5.33. The summed E-state index contributed by atoms with van der Waals surface area (Å²) in [5.74, 6) is 0.507. The summed E-state index contributed by atoms with van der Waals surface area (Å²) in [5, 5.41) is 3.44. The third kappa shape index (κ3) is 4.12. The van der Waals surface area contributed by atoms with E-state index in [0.29, 0.717) is 17.3 Å². The highest BCUT2D eigenvalue weighted by molar-refractivity contribution is 6.32. The summed E-state index contributed by atoms with van der Waals surface area (Å²) in [5.41, 5.74) is 2.48. The van der Waals surface area contributed by atoms with E-state index in [4.69, 9.17) is 16.0 Å². The number of rotatable bonds is 5. The maximum atomic E-state index is 11.9. The van der Waals surface area contributed by atoms with Gasteiger partial charge in [-0.3, -0.25) is 9.78 Å². The van der Waals surface area contributed by atoms with E-state index in [1.54, 1.807) is 24.6 Å². The van der Waals surface area contributed by atoms with Crippen molar-refractivity contribution in [1.82, 2.24) is 10.3 Å². The standard InChI is InChI=1S/C19H15ClN2O2/c20-16-5-2-1-4-15(16)7-8-19(23)22-13-14-9-10-21-17(12-14)18-6-3-11-24-18/h1-12H,13H2,(H,22,23)/b8-7+. The normalized spacial score (nSPS) is 10.9. The molecular formula is C19H15ClN2O2. The van der Waals surface area contributed by atoms with Gasteiger partial charge in [-0.1, -0.05) is 29.8 Å². The molecule has 120 valence electrons. The second kappa shape index (κ2) is 7.62. The van der Waals surface area contributed by atoms with Gasteiger partial charge in [-0.25, -0.2) is 0 Å². The lowest BCUT2D eigenvalue weighted by atomic mass is 10.2. The molecule has 1 N–H and O–H groups in total. The van der Waals surface area contributed by atoms with Gasteiger partial charge in [-0.15, -0.1) is 0 Å². The van der Waals surface area contributed by atoms with Gasteiger partial charge in [0.15, 0.2) is 5.76 Å². The van der Waals surface area contributed by atoms with Gasteiger partial charge in [0.25, 0.3) is 0 Å². The minimum absolute atomic E-state index is 0.189. The van der Waals surface area contributed by atoms with E-state index in [1.807, 2.05) is 42.5 Å². The van der Waals surface area contributed by atoms with Gasteiger partial charge >= 0.3 is 0 Å².